The smallest absolute Gasteiger partial charge is 0.328 e. The van der Waals surface area contributed by atoms with E-state index < -0.39 is 35.9 Å². The van der Waals surface area contributed by atoms with Crippen LogP contribution in [0.1, 0.15) is 18.9 Å². The van der Waals surface area contributed by atoms with Gasteiger partial charge in [-0.2, -0.15) is 0 Å². The first kappa shape index (κ1) is 16.6. The number of amides is 1. The highest BCUT2D eigenvalue weighted by molar-refractivity contribution is 5.85. The highest BCUT2D eigenvalue weighted by Gasteiger charge is 2.13. The lowest BCUT2D eigenvalue weighted by Crippen LogP contribution is -2.29. The molecule has 1 aromatic carbocycles. The third-order valence-electron chi connectivity index (χ3n) is 2.36. The molecule has 1 aromatic rings. The molecule has 5 nitrogen and oxygen atoms in total. The number of carbonyl (C=O) groups is 2. The molecule has 0 atom stereocenters. The summed E-state index contributed by atoms with van der Waals surface area (Å²) < 4.78 is 32.1. The molecule has 0 aromatic heterocycles. The van der Waals surface area contributed by atoms with Crippen molar-refractivity contribution < 1.29 is 28.2 Å². The van der Waals surface area contributed by atoms with Gasteiger partial charge in [0, 0.05) is 12.6 Å². The lowest BCUT2D eigenvalue weighted by Gasteiger charge is -2.09. The van der Waals surface area contributed by atoms with Crippen LogP contribution in [0.2, 0.25) is 0 Å². The molecule has 1 rings (SSSR count). The number of hydrogen-bond donors (Lipinski definition) is 2. The van der Waals surface area contributed by atoms with E-state index in [9.17, 15) is 18.4 Å². The highest BCUT2D eigenvalue weighted by Crippen LogP contribution is 2.23. The van der Waals surface area contributed by atoms with E-state index in [2.05, 4.69) is 5.32 Å². The molecule has 0 bridgehead atoms. The van der Waals surface area contributed by atoms with Gasteiger partial charge >= 0.3 is 5.97 Å². The summed E-state index contributed by atoms with van der Waals surface area (Å²) in [5.41, 5.74) is 0.0372. The second kappa shape index (κ2) is 7.98. The van der Waals surface area contributed by atoms with Crippen LogP contribution in [-0.2, 0) is 9.59 Å². The molecule has 0 spiro atoms. The van der Waals surface area contributed by atoms with Crippen molar-refractivity contribution in [2.45, 2.75) is 13.3 Å². The summed E-state index contributed by atoms with van der Waals surface area (Å²) >= 11 is 0. The van der Waals surface area contributed by atoms with E-state index in [1.807, 2.05) is 6.92 Å². The molecule has 0 aliphatic rings. The van der Waals surface area contributed by atoms with Crippen molar-refractivity contribution in [2.75, 3.05) is 13.2 Å². The number of nitrogens with one attached hydrogen (secondary N) is 1. The van der Waals surface area contributed by atoms with Crippen LogP contribution in [0.5, 0.6) is 5.75 Å². The van der Waals surface area contributed by atoms with Crippen molar-refractivity contribution in [3.05, 3.63) is 35.4 Å². The lowest BCUT2D eigenvalue weighted by molar-refractivity contribution is -0.131. The Morgan fingerprint density at radius 2 is 1.95 bits per heavy atom. The van der Waals surface area contributed by atoms with Gasteiger partial charge in [-0.05, 0) is 30.2 Å². The predicted molar refractivity (Wildman–Crippen MR) is 71.8 cm³/mol. The van der Waals surface area contributed by atoms with Crippen LogP contribution in [0.4, 0.5) is 8.78 Å². The van der Waals surface area contributed by atoms with Gasteiger partial charge in [0.2, 0.25) is 0 Å². The first-order valence-corrected chi connectivity index (χ1v) is 6.23. The van der Waals surface area contributed by atoms with Crippen LogP contribution in [0.15, 0.2) is 18.2 Å². The SMILES string of the molecule is CCCNC(=O)COc1c(F)cc(C=CC(=O)O)cc1F. The van der Waals surface area contributed by atoms with Crippen LogP contribution in [0.3, 0.4) is 0 Å². The summed E-state index contributed by atoms with van der Waals surface area (Å²) in [5, 5.41) is 10.9. The number of carboxylic acids is 1. The van der Waals surface area contributed by atoms with E-state index in [0.29, 0.717) is 6.54 Å². The zero-order valence-corrected chi connectivity index (χ0v) is 11.4. The van der Waals surface area contributed by atoms with Gasteiger partial charge in [0.05, 0.1) is 0 Å². The van der Waals surface area contributed by atoms with Crippen LogP contribution in [0.25, 0.3) is 6.08 Å². The van der Waals surface area contributed by atoms with Gasteiger partial charge in [0.25, 0.3) is 5.91 Å². The van der Waals surface area contributed by atoms with E-state index in [0.717, 1.165) is 30.7 Å². The summed E-state index contributed by atoms with van der Waals surface area (Å²) in [4.78, 5) is 21.6. The van der Waals surface area contributed by atoms with Crippen molar-refractivity contribution >= 4 is 18.0 Å². The summed E-state index contributed by atoms with van der Waals surface area (Å²) in [5.74, 6) is -4.41. The molecular weight excluding hydrogens is 284 g/mol. The summed E-state index contributed by atoms with van der Waals surface area (Å²) in [6.45, 7) is 1.81. The van der Waals surface area contributed by atoms with E-state index >= 15 is 0 Å². The van der Waals surface area contributed by atoms with E-state index in [-0.39, 0.29) is 5.56 Å². The number of hydrogen-bond acceptors (Lipinski definition) is 3. The molecule has 0 heterocycles. The van der Waals surface area contributed by atoms with Crippen LogP contribution >= 0.6 is 0 Å². The Morgan fingerprint density at radius 1 is 1.33 bits per heavy atom. The van der Waals surface area contributed by atoms with Crippen LogP contribution in [-0.4, -0.2) is 30.1 Å². The van der Waals surface area contributed by atoms with Crippen molar-refractivity contribution in [1.82, 2.24) is 5.32 Å². The fourth-order valence-electron chi connectivity index (χ4n) is 1.43. The molecule has 0 aliphatic heterocycles. The van der Waals surface area contributed by atoms with Gasteiger partial charge in [-0.1, -0.05) is 6.92 Å². The zero-order valence-electron chi connectivity index (χ0n) is 11.4. The predicted octanol–water partition coefficient (Wildman–Crippen LogP) is 1.97. The van der Waals surface area contributed by atoms with E-state index in [1.54, 1.807) is 0 Å². The quantitative estimate of drug-likeness (QED) is 0.755. The number of halogens is 2. The minimum absolute atomic E-state index is 0.0372. The third kappa shape index (κ3) is 5.60. The first-order valence-electron chi connectivity index (χ1n) is 6.23. The monoisotopic (exact) mass is 299 g/mol. The number of benzene rings is 1. The normalized spacial score (nSPS) is 10.6. The first-order chi connectivity index (χ1) is 9.93. The maximum Gasteiger partial charge on any atom is 0.328 e. The minimum atomic E-state index is -1.23. The van der Waals surface area contributed by atoms with Crippen LogP contribution in [0, 0.1) is 11.6 Å². The molecular formula is C14H15F2NO4. The van der Waals surface area contributed by atoms with E-state index in [1.165, 1.54) is 0 Å². The maximum absolute atomic E-state index is 13.7. The summed E-state index contributed by atoms with van der Waals surface area (Å²) in [6, 6.07) is 1.84. The molecule has 0 saturated heterocycles. The number of aliphatic carboxylic acids is 1. The average Bonchev–Trinajstić information content (AvgIpc) is 2.41. The molecule has 21 heavy (non-hydrogen) atoms. The zero-order chi connectivity index (χ0) is 15.8. The second-order valence-electron chi connectivity index (χ2n) is 4.12. The molecule has 0 aliphatic carbocycles. The molecule has 0 radical (unpaired) electrons. The fourth-order valence-corrected chi connectivity index (χ4v) is 1.43. The molecule has 0 fully saturated rings. The van der Waals surface area contributed by atoms with Crippen LogP contribution < -0.4 is 10.1 Å². The number of carbonyl (C=O) groups excluding carboxylic acids is 1. The van der Waals surface area contributed by atoms with Crippen molar-refractivity contribution in [1.29, 1.82) is 0 Å². The Kier molecular flexibility index (Phi) is 6.32. The van der Waals surface area contributed by atoms with Crippen molar-refractivity contribution in [2.24, 2.45) is 0 Å². The largest absolute Gasteiger partial charge is 0.478 e. The maximum atomic E-state index is 13.7. The molecule has 0 unspecified atom stereocenters. The average molecular weight is 299 g/mol. The summed E-state index contributed by atoms with van der Waals surface area (Å²) in [7, 11) is 0. The summed E-state index contributed by atoms with van der Waals surface area (Å²) in [6.07, 6.45) is 2.54. The molecule has 0 saturated carbocycles. The second-order valence-corrected chi connectivity index (χ2v) is 4.12. The van der Waals surface area contributed by atoms with Crippen molar-refractivity contribution in [3.8, 4) is 5.75 Å². The lowest BCUT2D eigenvalue weighted by atomic mass is 10.2. The molecule has 1 amide bonds. The number of carboxylic acid groups (broad SMARTS) is 1. The molecule has 7 heteroatoms. The highest BCUT2D eigenvalue weighted by atomic mass is 19.1. The number of ether oxygens (including phenoxy) is 1. The van der Waals surface area contributed by atoms with Gasteiger partial charge < -0.3 is 15.2 Å². The van der Waals surface area contributed by atoms with Gasteiger partial charge in [-0.15, -0.1) is 0 Å². The Balaban J connectivity index is 2.76. The molecule has 2 N–H and O–H groups in total. The standard InChI is InChI=1S/C14H15F2NO4/c1-2-5-17-12(18)8-21-14-10(15)6-9(7-11(14)16)3-4-13(19)20/h3-4,6-7H,2,5,8H2,1H3,(H,17,18)(H,19,20). The fraction of sp³-hybridized carbons (Fsp3) is 0.286. The number of rotatable bonds is 7. The Bertz CT molecular complexity index is 535. The Morgan fingerprint density at radius 3 is 2.48 bits per heavy atom. The van der Waals surface area contributed by atoms with Gasteiger partial charge in [0.15, 0.2) is 24.0 Å². The third-order valence-corrected chi connectivity index (χ3v) is 2.36. The Hall–Kier alpha value is -2.44. The topological polar surface area (TPSA) is 75.6 Å². The molecule has 114 valence electrons. The van der Waals surface area contributed by atoms with E-state index in [4.69, 9.17) is 9.84 Å². The van der Waals surface area contributed by atoms with Crippen molar-refractivity contribution in [3.63, 3.8) is 0 Å². The van der Waals surface area contributed by atoms with Gasteiger partial charge in [-0.25, -0.2) is 13.6 Å². The van der Waals surface area contributed by atoms with Gasteiger partial charge in [-0.3, -0.25) is 4.79 Å². The minimum Gasteiger partial charge on any atom is -0.478 e. The van der Waals surface area contributed by atoms with Gasteiger partial charge in [0.1, 0.15) is 0 Å². The Labute approximate surface area is 120 Å².